The fourth-order valence-corrected chi connectivity index (χ4v) is 4.00. The van der Waals surface area contributed by atoms with Crippen LogP contribution in [0.25, 0.3) is 16.9 Å². The Bertz CT molecular complexity index is 1220. The summed E-state index contributed by atoms with van der Waals surface area (Å²) in [5.74, 6) is 3.26. The Kier molecular flexibility index (Phi) is 5.42. The minimum atomic E-state index is 0.544. The fourth-order valence-electron chi connectivity index (χ4n) is 4.00. The van der Waals surface area contributed by atoms with Crippen molar-refractivity contribution in [1.82, 2.24) is 9.78 Å². The highest BCUT2D eigenvalue weighted by Gasteiger charge is 2.24. The highest BCUT2D eigenvalue weighted by molar-refractivity contribution is 5.74. The van der Waals surface area contributed by atoms with Gasteiger partial charge in [0.25, 0.3) is 0 Å². The third-order valence-electron chi connectivity index (χ3n) is 5.64. The van der Waals surface area contributed by atoms with Crippen LogP contribution in [0.1, 0.15) is 11.1 Å². The number of hydrogen-bond donors (Lipinski definition) is 1. The molecule has 5 rings (SSSR count). The van der Waals surface area contributed by atoms with Gasteiger partial charge in [-0.25, -0.2) is 4.68 Å². The summed E-state index contributed by atoms with van der Waals surface area (Å²) >= 11 is 0. The molecule has 32 heavy (non-hydrogen) atoms. The van der Waals surface area contributed by atoms with E-state index in [0.29, 0.717) is 18.1 Å². The van der Waals surface area contributed by atoms with E-state index in [-0.39, 0.29) is 0 Å². The smallest absolute Gasteiger partial charge is 0.161 e. The Labute approximate surface area is 187 Å². The van der Waals surface area contributed by atoms with Gasteiger partial charge >= 0.3 is 0 Å². The molecular weight excluding hydrogens is 402 g/mol. The first-order chi connectivity index (χ1) is 15.8. The first kappa shape index (κ1) is 20.0. The summed E-state index contributed by atoms with van der Waals surface area (Å²) in [4.78, 5) is 0. The van der Waals surface area contributed by atoms with E-state index < -0.39 is 0 Å². The summed E-state index contributed by atoms with van der Waals surface area (Å²) in [5, 5.41) is 8.43. The van der Waals surface area contributed by atoms with Gasteiger partial charge in [-0.2, -0.15) is 5.10 Å². The standard InChI is InChI=1S/C26H25N3O3/c1-30-23-13-8-19(16-24(23)31-2)25-22-14-15-27-26(22)29(28-25)20-9-11-21(12-10-20)32-17-18-6-4-3-5-7-18/h3-13,16,27H,14-15,17H2,1-2H3. The van der Waals surface area contributed by atoms with Crippen molar-refractivity contribution in [2.24, 2.45) is 0 Å². The molecule has 162 valence electrons. The molecule has 4 aromatic rings. The van der Waals surface area contributed by atoms with E-state index in [2.05, 4.69) is 17.4 Å². The lowest BCUT2D eigenvalue weighted by Crippen LogP contribution is -2.04. The van der Waals surface area contributed by atoms with Gasteiger partial charge in [0.1, 0.15) is 18.2 Å². The summed E-state index contributed by atoms with van der Waals surface area (Å²) in [5.41, 5.74) is 5.29. The second-order valence-electron chi connectivity index (χ2n) is 7.60. The van der Waals surface area contributed by atoms with Gasteiger partial charge in [0.2, 0.25) is 0 Å². The third-order valence-corrected chi connectivity index (χ3v) is 5.64. The highest BCUT2D eigenvalue weighted by atomic mass is 16.5. The topological polar surface area (TPSA) is 57.5 Å². The Balaban J connectivity index is 1.42. The highest BCUT2D eigenvalue weighted by Crippen LogP contribution is 2.38. The van der Waals surface area contributed by atoms with E-state index in [1.165, 1.54) is 5.56 Å². The largest absolute Gasteiger partial charge is 0.493 e. The van der Waals surface area contributed by atoms with Crippen LogP contribution >= 0.6 is 0 Å². The molecule has 0 saturated carbocycles. The quantitative estimate of drug-likeness (QED) is 0.445. The van der Waals surface area contributed by atoms with Crippen LogP contribution in [0.15, 0.2) is 72.8 Å². The first-order valence-electron chi connectivity index (χ1n) is 10.6. The summed E-state index contributed by atoms with van der Waals surface area (Å²) in [6.45, 7) is 1.44. The average molecular weight is 428 g/mol. The molecule has 0 spiro atoms. The lowest BCUT2D eigenvalue weighted by Gasteiger charge is -2.10. The van der Waals surface area contributed by atoms with Gasteiger partial charge in [-0.15, -0.1) is 0 Å². The van der Waals surface area contributed by atoms with Gasteiger partial charge in [-0.1, -0.05) is 30.3 Å². The van der Waals surface area contributed by atoms with Crippen LogP contribution in [0.5, 0.6) is 17.2 Å². The molecule has 0 amide bonds. The number of nitrogens with one attached hydrogen (secondary N) is 1. The maximum absolute atomic E-state index is 5.93. The molecule has 0 radical (unpaired) electrons. The molecule has 0 bridgehead atoms. The van der Waals surface area contributed by atoms with Crippen LogP contribution in [0.3, 0.4) is 0 Å². The number of rotatable bonds is 7. The Hall–Kier alpha value is -3.93. The number of hydrogen-bond acceptors (Lipinski definition) is 5. The molecule has 0 aliphatic carbocycles. The number of fused-ring (bicyclic) bond motifs is 1. The second-order valence-corrected chi connectivity index (χ2v) is 7.60. The van der Waals surface area contributed by atoms with E-state index in [9.17, 15) is 0 Å². The number of aromatic nitrogens is 2. The van der Waals surface area contributed by atoms with Crippen LogP contribution in [-0.4, -0.2) is 30.5 Å². The van der Waals surface area contributed by atoms with Crippen molar-refractivity contribution < 1.29 is 14.2 Å². The van der Waals surface area contributed by atoms with Crippen molar-refractivity contribution in [2.75, 3.05) is 26.1 Å². The van der Waals surface area contributed by atoms with Gasteiger partial charge in [0, 0.05) is 17.7 Å². The molecule has 1 aliphatic rings. The maximum atomic E-state index is 5.93. The van der Waals surface area contributed by atoms with Crippen LogP contribution in [0, 0.1) is 0 Å². The zero-order valence-corrected chi connectivity index (χ0v) is 18.2. The molecule has 0 atom stereocenters. The van der Waals surface area contributed by atoms with E-state index in [4.69, 9.17) is 19.3 Å². The van der Waals surface area contributed by atoms with Crippen molar-refractivity contribution >= 4 is 5.82 Å². The van der Waals surface area contributed by atoms with Crippen LogP contribution in [0.2, 0.25) is 0 Å². The van der Waals surface area contributed by atoms with Crippen LogP contribution < -0.4 is 19.5 Å². The van der Waals surface area contributed by atoms with E-state index in [1.807, 2.05) is 65.3 Å². The third kappa shape index (κ3) is 3.75. The molecule has 1 aromatic heterocycles. The molecule has 0 fully saturated rings. The first-order valence-corrected chi connectivity index (χ1v) is 10.6. The van der Waals surface area contributed by atoms with Crippen molar-refractivity contribution in [2.45, 2.75) is 13.0 Å². The van der Waals surface area contributed by atoms with Gasteiger partial charge in [0.15, 0.2) is 11.5 Å². The summed E-state index contributed by atoms with van der Waals surface area (Å²) in [6, 6.07) is 24.1. The van der Waals surface area contributed by atoms with Gasteiger partial charge < -0.3 is 19.5 Å². The van der Waals surface area contributed by atoms with Crippen molar-refractivity contribution in [1.29, 1.82) is 0 Å². The Morgan fingerprint density at radius 1 is 0.906 bits per heavy atom. The monoisotopic (exact) mass is 427 g/mol. The van der Waals surface area contributed by atoms with Gasteiger partial charge in [-0.05, 0) is 54.4 Å². The summed E-state index contributed by atoms with van der Waals surface area (Å²) in [6.07, 6.45) is 0.928. The predicted octanol–water partition coefficient (Wildman–Crippen LogP) is 5.10. The lowest BCUT2D eigenvalue weighted by atomic mass is 10.1. The zero-order chi connectivity index (χ0) is 21.9. The minimum absolute atomic E-state index is 0.544. The molecule has 0 saturated heterocycles. The lowest BCUT2D eigenvalue weighted by molar-refractivity contribution is 0.306. The van der Waals surface area contributed by atoms with Crippen molar-refractivity contribution in [3.63, 3.8) is 0 Å². The molecule has 6 nitrogen and oxygen atoms in total. The fraction of sp³-hybridized carbons (Fsp3) is 0.192. The minimum Gasteiger partial charge on any atom is -0.493 e. The Morgan fingerprint density at radius 2 is 1.69 bits per heavy atom. The number of benzene rings is 3. The van der Waals surface area contributed by atoms with Crippen molar-refractivity contribution in [3.05, 3.63) is 83.9 Å². The van der Waals surface area contributed by atoms with E-state index >= 15 is 0 Å². The Morgan fingerprint density at radius 3 is 2.44 bits per heavy atom. The molecule has 0 unspecified atom stereocenters. The average Bonchev–Trinajstić information content (AvgIpc) is 3.46. The molecular formula is C26H25N3O3. The normalized spacial score (nSPS) is 12.2. The number of ether oxygens (including phenoxy) is 3. The summed E-state index contributed by atoms with van der Waals surface area (Å²) < 4.78 is 18.8. The number of nitrogens with zero attached hydrogens (tertiary/aromatic N) is 2. The van der Waals surface area contributed by atoms with Crippen LogP contribution in [0.4, 0.5) is 5.82 Å². The van der Waals surface area contributed by atoms with Crippen LogP contribution in [-0.2, 0) is 13.0 Å². The second kappa shape index (κ2) is 8.67. The molecule has 1 aliphatic heterocycles. The zero-order valence-electron chi connectivity index (χ0n) is 18.2. The van der Waals surface area contributed by atoms with E-state index in [0.717, 1.165) is 47.0 Å². The SMILES string of the molecule is COc1ccc(-c2nn(-c3ccc(OCc4ccccc4)cc3)c3c2CCN3)cc1OC. The molecule has 6 heteroatoms. The van der Waals surface area contributed by atoms with E-state index in [1.54, 1.807) is 14.2 Å². The molecule has 2 heterocycles. The van der Waals surface area contributed by atoms with Gasteiger partial charge in [0.05, 0.1) is 25.6 Å². The number of anilines is 1. The number of methoxy groups -OCH3 is 2. The molecule has 3 aromatic carbocycles. The van der Waals surface area contributed by atoms with Crippen molar-refractivity contribution in [3.8, 4) is 34.2 Å². The predicted molar refractivity (Wildman–Crippen MR) is 125 cm³/mol. The van der Waals surface area contributed by atoms with Gasteiger partial charge in [-0.3, -0.25) is 0 Å². The maximum Gasteiger partial charge on any atom is 0.161 e. The molecule has 1 N–H and O–H groups in total. The summed E-state index contributed by atoms with van der Waals surface area (Å²) in [7, 11) is 3.29.